The molecule has 0 radical (unpaired) electrons. The van der Waals surface area contributed by atoms with Crippen LogP contribution in [-0.2, 0) is 16.0 Å². The summed E-state index contributed by atoms with van der Waals surface area (Å²) < 4.78 is 10.1. The van der Waals surface area contributed by atoms with Gasteiger partial charge in [0.15, 0.2) is 5.76 Å². The molecule has 8 nitrogen and oxygen atoms in total. The van der Waals surface area contributed by atoms with Crippen molar-refractivity contribution in [2.75, 3.05) is 6.54 Å². The second-order valence-corrected chi connectivity index (χ2v) is 4.53. The molecule has 0 bridgehead atoms. The smallest absolute Gasteiger partial charge is 0.308 e. The molecule has 2 N–H and O–H groups in total. The second-order valence-electron chi connectivity index (χ2n) is 4.53. The van der Waals surface area contributed by atoms with E-state index in [0.717, 1.165) is 0 Å². The highest BCUT2D eigenvalue weighted by atomic mass is 16.5. The zero-order valence-electron chi connectivity index (χ0n) is 11.4. The van der Waals surface area contributed by atoms with Crippen molar-refractivity contribution in [1.29, 1.82) is 0 Å². The summed E-state index contributed by atoms with van der Waals surface area (Å²) in [5, 5.41) is 15.0. The zero-order chi connectivity index (χ0) is 15.2. The van der Waals surface area contributed by atoms with Crippen molar-refractivity contribution in [2.45, 2.75) is 19.8 Å². The third-order valence-corrected chi connectivity index (χ3v) is 2.80. The lowest BCUT2D eigenvalue weighted by atomic mass is 10.2. The zero-order valence-corrected chi connectivity index (χ0v) is 11.4. The third-order valence-electron chi connectivity index (χ3n) is 2.80. The van der Waals surface area contributed by atoms with Crippen molar-refractivity contribution < 1.29 is 23.6 Å². The summed E-state index contributed by atoms with van der Waals surface area (Å²) in [7, 11) is 0. The molecule has 1 unspecified atom stereocenters. The maximum atomic E-state index is 11.6. The van der Waals surface area contributed by atoms with Crippen molar-refractivity contribution in [3.05, 3.63) is 24.3 Å². The first-order valence-corrected chi connectivity index (χ1v) is 6.42. The Labute approximate surface area is 120 Å². The first kappa shape index (κ1) is 14.8. The predicted molar refractivity (Wildman–Crippen MR) is 70.1 cm³/mol. The van der Waals surface area contributed by atoms with Crippen molar-refractivity contribution in [3.63, 3.8) is 0 Å². The molecule has 2 heterocycles. The first-order chi connectivity index (χ1) is 10.1. The minimum Gasteiger partial charge on any atom is -0.481 e. The number of carbonyl (C=O) groups excluding carboxylic acids is 1. The number of carboxylic acid groups (broad SMARTS) is 1. The first-order valence-electron chi connectivity index (χ1n) is 6.42. The highest BCUT2D eigenvalue weighted by Crippen LogP contribution is 2.16. The van der Waals surface area contributed by atoms with Crippen LogP contribution >= 0.6 is 0 Å². The molecule has 112 valence electrons. The highest BCUT2D eigenvalue weighted by Gasteiger charge is 2.14. The molecule has 8 heteroatoms. The second kappa shape index (κ2) is 6.69. The minimum absolute atomic E-state index is 0.0929. The number of nitrogens with one attached hydrogen (secondary N) is 1. The quantitative estimate of drug-likeness (QED) is 0.784. The Bertz CT molecular complexity index is 605. The van der Waals surface area contributed by atoms with E-state index < -0.39 is 11.9 Å². The molecule has 0 aliphatic heterocycles. The normalized spacial score (nSPS) is 12.0. The molecule has 21 heavy (non-hydrogen) atoms. The summed E-state index contributed by atoms with van der Waals surface area (Å²) in [5.41, 5.74) is 0. The van der Waals surface area contributed by atoms with E-state index in [1.54, 1.807) is 12.1 Å². The number of hydrogen-bond donors (Lipinski definition) is 2. The van der Waals surface area contributed by atoms with E-state index in [4.69, 9.17) is 14.0 Å². The van der Waals surface area contributed by atoms with Crippen molar-refractivity contribution >= 4 is 11.9 Å². The maximum absolute atomic E-state index is 11.6. The standard InChI is InChI=1S/C13H15N3O5/c1-8(13(18)19)7-14-10(17)4-5-11-15-12(16-21-11)9-3-2-6-20-9/h2-3,6,8H,4-5,7H2,1H3,(H,14,17)(H,18,19). The number of furan rings is 1. The number of carbonyl (C=O) groups is 2. The Kier molecular flexibility index (Phi) is 4.70. The Balaban J connectivity index is 1.78. The van der Waals surface area contributed by atoms with E-state index in [-0.39, 0.29) is 25.3 Å². The van der Waals surface area contributed by atoms with E-state index in [9.17, 15) is 9.59 Å². The van der Waals surface area contributed by atoms with E-state index in [0.29, 0.717) is 17.5 Å². The Morgan fingerprint density at radius 1 is 1.48 bits per heavy atom. The van der Waals surface area contributed by atoms with Gasteiger partial charge in [-0.2, -0.15) is 4.98 Å². The summed E-state index contributed by atoms with van der Waals surface area (Å²) >= 11 is 0. The molecular formula is C13H15N3O5. The van der Waals surface area contributed by atoms with Gasteiger partial charge in [-0.05, 0) is 12.1 Å². The molecule has 1 amide bonds. The van der Waals surface area contributed by atoms with E-state index in [1.165, 1.54) is 13.2 Å². The average molecular weight is 293 g/mol. The van der Waals surface area contributed by atoms with Gasteiger partial charge in [-0.25, -0.2) is 0 Å². The van der Waals surface area contributed by atoms with Crippen LogP contribution in [0.5, 0.6) is 0 Å². The Morgan fingerprint density at radius 3 is 2.95 bits per heavy atom. The van der Waals surface area contributed by atoms with Crippen LogP contribution in [0.15, 0.2) is 27.3 Å². The van der Waals surface area contributed by atoms with Gasteiger partial charge in [0, 0.05) is 19.4 Å². The fourth-order valence-corrected chi connectivity index (χ4v) is 1.53. The van der Waals surface area contributed by atoms with Gasteiger partial charge in [-0.3, -0.25) is 9.59 Å². The van der Waals surface area contributed by atoms with Gasteiger partial charge < -0.3 is 19.4 Å². The predicted octanol–water partition coefficient (Wildman–Crippen LogP) is 1.10. The number of aryl methyl sites for hydroxylation is 1. The van der Waals surface area contributed by atoms with Crippen LogP contribution in [0.1, 0.15) is 19.2 Å². The van der Waals surface area contributed by atoms with Crippen LogP contribution in [-0.4, -0.2) is 33.7 Å². The topological polar surface area (TPSA) is 118 Å². The van der Waals surface area contributed by atoms with E-state index in [1.807, 2.05) is 0 Å². The molecule has 0 saturated heterocycles. The van der Waals surface area contributed by atoms with Gasteiger partial charge >= 0.3 is 5.97 Å². The number of rotatable bonds is 7. The van der Waals surface area contributed by atoms with Crippen LogP contribution in [0.25, 0.3) is 11.6 Å². The fraction of sp³-hybridized carbons (Fsp3) is 0.385. The van der Waals surface area contributed by atoms with Crippen LogP contribution < -0.4 is 5.32 Å². The van der Waals surface area contributed by atoms with Crippen LogP contribution in [0.3, 0.4) is 0 Å². The lowest BCUT2D eigenvalue weighted by Gasteiger charge is -2.07. The van der Waals surface area contributed by atoms with Gasteiger partial charge in [0.1, 0.15) is 0 Å². The largest absolute Gasteiger partial charge is 0.481 e. The minimum atomic E-state index is -0.949. The van der Waals surface area contributed by atoms with Crippen LogP contribution in [0.4, 0.5) is 0 Å². The van der Waals surface area contributed by atoms with Gasteiger partial charge in [-0.1, -0.05) is 12.1 Å². The summed E-state index contributed by atoms with van der Waals surface area (Å²) in [6.07, 6.45) is 1.93. The molecule has 0 aliphatic carbocycles. The van der Waals surface area contributed by atoms with Crippen LogP contribution in [0.2, 0.25) is 0 Å². The summed E-state index contributed by atoms with van der Waals surface area (Å²) in [4.78, 5) is 26.3. The summed E-state index contributed by atoms with van der Waals surface area (Å²) in [6, 6.07) is 3.41. The number of aromatic nitrogens is 2. The number of nitrogens with zero attached hydrogens (tertiary/aromatic N) is 2. The van der Waals surface area contributed by atoms with Crippen LogP contribution in [0, 0.1) is 5.92 Å². The average Bonchev–Trinajstić information content (AvgIpc) is 3.12. The van der Waals surface area contributed by atoms with Gasteiger partial charge in [0.2, 0.25) is 17.6 Å². The van der Waals surface area contributed by atoms with Crippen molar-refractivity contribution in [2.24, 2.45) is 5.92 Å². The molecule has 1 atom stereocenters. The molecule has 2 rings (SSSR count). The van der Waals surface area contributed by atoms with Gasteiger partial charge in [0.25, 0.3) is 0 Å². The highest BCUT2D eigenvalue weighted by molar-refractivity contribution is 5.77. The number of carboxylic acids is 1. The van der Waals surface area contributed by atoms with Gasteiger partial charge in [0.05, 0.1) is 12.2 Å². The maximum Gasteiger partial charge on any atom is 0.308 e. The lowest BCUT2D eigenvalue weighted by Crippen LogP contribution is -2.31. The molecule has 0 spiro atoms. The number of aliphatic carboxylic acids is 1. The lowest BCUT2D eigenvalue weighted by molar-refractivity contribution is -0.141. The number of amides is 1. The molecule has 0 aromatic carbocycles. The molecule has 2 aromatic rings. The number of hydrogen-bond acceptors (Lipinski definition) is 6. The molecule has 2 aromatic heterocycles. The third kappa shape index (κ3) is 4.16. The van der Waals surface area contributed by atoms with Crippen molar-refractivity contribution in [1.82, 2.24) is 15.5 Å². The Morgan fingerprint density at radius 2 is 2.29 bits per heavy atom. The monoisotopic (exact) mass is 293 g/mol. The molecule has 0 aliphatic rings. The van der Waals surface area contributed by atoms with E-state index >= 15 is 0 Å². The van der Waals surface area contributed by atoms with Crippen molar-refractivity contribution in [3.8, 4) is 11.6 Å². The molecule has 0 fully saturated rings. The van der Waals surface area contributed by atoms with E-state index in [2.05, 4.69) is 15.5 Å². The summed E-state index contributed by atoms with van der Waals surface area (Å²) in [5.74, 6) is -0.693. The van der Waals surface area contributed by atoms with Gasteiger partial charge in [-0.15, -0.1) is 0 Å². The Hall–Kier alpha value is -2.64. The molecule has 0 saturated carbocycles. The fourth-order valence-electron chi connectivity index (χ4n) is 1.53. The SMILES string of the molecule is CC(CNC(=O)CCc1nc(-c2ccco2)no1)C(=O)O. The molecular weight excluding hydrogens is 278 g/mol. The summed E-state index contributed by atoms with van der Waals surface area (Å²) in [6.45, 7) is 1.62.